The zero-order valence-corrected chi connectivity index (χ0v) is 11.8. The summed E-state index contributed by atoms with van der Waals surface area (Å²) in [4.78, 5) is 22.4. The van der Waals surface area contributed by atoms with Gasteiger partial charge in [0.25, 0.3) is 0 Å². The maximum Gasteiger partial charge on any atom is 0.314 e. The summed E-state index contributed by atoms with van der Waals surface area (Å²) in [6.45, 7) is 8.89. The fourth-order valence-electron chi connectivity index (χ4n) is 1.28. The van der Waals surface area contributed by atoms with Crippen LogP contribution in [0.3, 0.4) is 0 Å². The van der Waals surface area contributed by atoms with Crippen LogP contribution in [0.15, 0.2) is 0 Å². The van der Waals surface area contributed by atoms with Gasteiger partial charge in [0.15, 0.2) is 0 Å². The number of rotatable bonds is 7. The second kappa shape index (κ2) is 9.56. The summed E-state index contributed by atoms with van der Waals surface area (Å²) in [5, 5.41) is 11.0. The van der Waals surface area contributed by atoms with Gasteiger partial charge in [0.2, 0.25) is 0 Å². The van der Waals surface area contributed by atoms with Crippen LogP contribution >= 0.6 is 0 Å². The summed E-state index contributed by atoms with van der Waals surface area (Å²) >= 11 is 0. The molecule has 6 heteroatoms. The van der Waals surface area contributed by atoms with Gasteiger partial charge >= 0.3 is 12.1 Å². The molecule has 0 unspecified atom stereocenters. The van der Waals surface area contributed by atoms with Gasteiger partial charge in [-0.15, -0.1) is 0 Å². The molecule has 0 aliphatic carbocycles. The molecule has 0 radical (unpaired) electrons. The molecule has 0 aromatic heterocycles. The second-order valence-corrected chi connectivity index (χ2v) is 4.82. The van der Waals surface area contributed by atoms with Crippen LogP contribution in [0.25, 0.3) is 0 Å². The molecule has 4 N–H and O–H groups in total. The zero-order chi connectivity index (χ0) is 14.0. The van der Waals surface area contributed by atoms with Crippen molar-refractivity contribution in [1.29, 1.82) is 0 Å². The molecule has 0 rings (SSSR count). The molecular weight excluding hydrogens is 232 g/mol. The number of unbranched alkanes of at least 4 members (excludes halogenated alkanes) is 1. The topological polar surface area (TPSA) is 82.3 Å². The maximum absolute atomic E-state index is 11.2. The lowest BCUT2D eigenvalue weighted by molar-refractivity contribution is 0.236. The number of hydrogen-bond donors (Lipinski definition) is 4. The van der Waals surface area contributed by atoms with Crippen molar-refractivity contribution in [3.8, 4) is 0 Å². The van der Waals surface area contributed by atoms with Crippen molar-refractivity contribution in [2.75, 3.05) is 13.1 Å². The van der Waals surface area contributed by atoms with Crippen LogP contribution < -0.4 is 21.3 Å². The Kier molecular flexibility index (Phi) is 8.78. The highest BCUT2D eigenvalue weighted by atomic mass is 16.2. The van der Waals surface area contributed by atoms with E-state index in [1.165, 1.54) is 0 Å². The first-order valence-electron chi connectivity index (χ1n) is 6.50. The third kappa shape index (κ3) is 11.0. The van der Waals surface area contributed by atoms with Crippen molar-refractivity contribution in [3.05, 3.63) is 0 Å². The van der Waals surface area contributed by atoms with E-state index in [9.17, 15) is 9.59 Å². The average Bonchev–Trinajstić information content (AvgIpc) is 2.20. The van der Waals surface area contributed by atoms with Gasteiger partial charge in [0.1, 0.15) is 0 Å². The zero-order valence-electron chi connectivity index (χ0n) is 11.8. The molecule has 0 saturated carbocycles. The van der Waals surface area contributed by atoms with Crippen LogP contribution in [0.5, 0.6) is 0 Å². The largest absolute Gasteiger partial charge is 0.338 e. The van der Waals surface area contributed by atoms with Gasteiger partial charge in [-0.1, -0.05) is 0 Å². The van der Waals surface area contributed by atoms with E-state index in [4.69, 9.17) is 0 Å². The van der Waals surface area contributed by atoms with E-state index in [0.717, 1.165) is 12.8 Å². The predicted octanol–water partition coefficient (Wildman–Crippen LogP) is 1.18. The highest BCUT2D eigenvalue weighted by Gasteiger charge is 2.02. The number of urea groups is 2. The normalized spacial score (nSPS) is 10.3. The van der Waals surface area contributed by atoms with E-state index >= 15 is 0 Å². The summed E-state index contributed by atoms with van der Waals surface area (Å²) in [6.07, 6.45) is 1.68. The lowest BCUT2D eigenvalue weighted by Crippen LogP contribution is -2.41. The van der Waals surface area contributed by atoms with E-state index < -0.39 is 0 Å². The highest BCUT2D eigenvalue weighted by Crippen LogP contribution is 1.86. The Bertz CT molecular complexity index is 228. The minimum absolute atomic E-state index is 0.143. The summed E-state index contributed by atoms with van der Waals surface area (Å²) in [5.41, 5.74) is 0. The summed E-state index contributed by atoms with van der Waals surface area (Å²) in [6, 6.07) is 0.00353. The van der Waals surface area contributed by atoms with Gasteiger partial charge < -0.3 is 21.3 Å². The Labute approximate surface area is 109 Å². The number of carbonyl (C=O) groups is 2. The van der Waals surface area contributed by atoms with Crippen molar-refractivity contribution < 1.29 is 9.59 Å². The first-order valence-corrected chi connectivity index (χ1v) is 6.50. The standard InChI is InChI=1S/C12H26N4O2/c1-9(2)15-11(17)13-7-5-6-8-14-12(18)16-10(3)4/h9-10H,5-8H2,1-4H3,(H2,13,15,17)(H2,14,16,18). The third-order valence-corrected chi connectivity index (χ3v) is 2.01. The second-order valence-electron chi connectivity index (χ2n) is 4.82. The molecule has 6 nitrogen and oxygen atoms in total. The quantitative estimate of drug-likeness (QED) is 0.517. The molecule has 0 bridgehead atoms. The predicted molar refractivity (Wildman–Crippen MR) is 72.6 cm³/mol. The fourth-order valence-corrected chi connectivity index (χ4v) is 1.28. The Morgan fingerprint density at radius 2 is 1.11 bits per heavy atom. The molecule has 18 heavy (non-hydrogen) atoms. The van der Waals surface area contributed by atoms with E-state index in [-0.39, 0.29) is 24.1 Å². The Balaban J connectivity index is 3.36. The van der Waals surface area contributed by atoms with Crippen LogP contribution in [0.1, 0.15) is 40.5 Å². The smallest absolute Gasteiger partial charge is 0.314 e. The first kappa shape index (κ1) is 16.5. The molecule has 0 aliphatic heterocycles. The average molecular weight is 258 g/mol. The molecule has 0 saturated heterocycles. The lowest BCUT2D eigenvalue weighted by atomic mass is 10.3. The number of carbonyl (C=O) groups excluding carboxylic acids is 2. The molecular formula is C12H26N4O2. The van der Waals surface area contributed by atoms with Crippen molar-refractivity contribution in [1.82, 2.24) is 21.3 Å². The molecule has 0 aromatic rings. The SMILES string of the molecule is CC(C)NC(=O)NCCCCNC(=O)NC(C)C. The van der Waals surface area contributed by atoms with Gasteiger partial charge in [0.05, 0.1) is 0 Å². The van der Waals surface area contributed by atoms with E-state index in [1.807, 2.05) is 27.7 Å². The van der Waals surface area contributed by atoms with E-state index in [1.54, 1.807) is 0 Å². The highest BCUT2D eigenvalue weighted by molar-refractivity contribution is 5.74. The summed E-state index contributed by atoms with van der Waals surface area (Å²) < 4.78 is 0. The van der Waals surface area contributed by atoms with Crippen LogP contribution in [-0.2, 0) is 0 Å². The Hall–Kier alpha value is -1.46. The lowest BCUT2D eigenvalue weighted by Gasteiger charge is -2.11. The van der Waals surface area contributed by atoms with Crippen molar-refractivity contribution in [2.24, 2.45) is 0 Å². The Morgan fingerprint density at radius 3 is 1.39 bits per heavy atom. The molecule has 0 fully saturated rings. The van der Waals surface area contributed by atoms with Crippen LogP contribution in [0, 0.1) is 0 Å². The monoisotopic (exact) mass is 258 g/mol. The summed E-state index contributed by atoms with van der Waals surface area (Å²) in [7, 11) is 0. The maximum atomic E-state index is 11.2. The number of nitrogens with one attached hydrogen (secondary N) is 4. The molecule has 106 valence electrons. The minimum atomic E-state index is -0.143. The first-order chi connectivity index (χ1) is 8.41. The molecule has 4 amide bonds. The van der Waals surface area contributed by atoms with Gasteiger partial charge in [-0.3, -0.25) is 0 Å². The number of hydrogen-bond acceptors (Lipinski definition) is 2. The van der Waals surface area contributed by atoms with Gasteiger partial charge in [-0.25, -0.2) is 9.59 Å². The fraction of sp³-hybridized carbons (Fsp3) is 0.833. The molecule has 0 spiro atoms. The van der Waals surface area contributed by atoms with Crippen LogP contribution in [-0.4, -0.2) is 37.2 Å². The number of amides is 4. The van der Waals surface area contributed by atoms with Crippen molar-refractivity contribution in [2.45, 2.75) is 52.6 Å². The Morgan fingerprint density at radius 1 is 0.778 bits per heavy atom. The van der Waals surface area contributed by atoms with Crippen molar-refractivity contribution in [3.63, 3.8) is 0 Å². The molecule has 0 heterocycles. The minimum Gasteiger partial charge on any atom is -0.338 e. The van der Waals surface area contributed by atoms with E-state index in [2.05, 4.69) is 21.3 Å². The summed E-state index contributed by atoms with van der Waals surface area (Å²) in [5.74, 6) is 0. The van der Waals surface area contributed by atoms with Crippen molar-refractivity contribution >= 4 is 12.1 Å². The van der Waals surface area contributed by atoms with Gasteiger partial charge in [-0.2, -0.15) is 0 Å². The van der Waals surface area contributed by atoms with E-state index in [0.29, 0.717) is 13.1 Å². The molecule has 0 atom stereocenters. The van der Waals surface area contributed by atoms with Crippen LogP contribution in [0.2, 0.25) is 0 Å². The molecule has 0 aromatic carbocycles. The molecule has 0 aliphatic rings. The van der Waals surface area contributed by atoms with Crippen LogP contribution in [0.4, 0.5) is 9.59 Å². The van der Waals surface area contributed by atoms with Gasteiger partial charge in [-0.05, 0) is 40.5 Å². The third-order valence-electron chi connectivity index (χ3n) is 2.01. The van der Waals surface area contributed by atoms with Gasteiger partial charge in [0, 0.05) is 25.2 Å².